The van der Waals surface area contributed by atoms with Crippen LogP contribution >= 0.6 is 0 Å². The van der Waals surface area contributed by atoms with Crippen molar-refractivity contribution in [3.05, 3.63) is 24.2 Å². The minimum Gasteiger partial charge on any atom is -0.390 e. The van der Waals surface area contributed by atoms with Crippen molar-refractivity contribution < 1.29 is 24.5 Å². The second-order valence-corrected chi connectivity index (χ2v) is 5.80. The lowest BCUT2D eigenvalue weighted by molar-refractivity contribution is -0.121. The summed E-state index contributed by atoms with van der Waals surface area (Å²) in [5.74, 6) is 0.0928. The molecule has 1 saturated heterocycles. The van der Waals surface area contributed by atoms with Crippen LogP contribution in [0.3, 0.4) is 0 Å². The standard InChI is InChI=1S/C15H25N3O5/c1-8-7-18(9(2)17-14(8)21)15-13(22-3)11(20)12(23-15)10(19)5-4-6-16/h7,10-13,15,19-20H,2,4-6,16H2,1,3H3,(H,17,21)/t10-,11-,12+,13?,15+/m0/s1. The molecule has 5 atom stereocenters. The highest BCUT2D eigenvalue weighted by molar-refractivity contribution is 5.94. The lowest BCUT2D eigenvalue weighted by Crippen LogP contribution is -2.48. The van der Waals surface area contributed by atoms with Crippen LogP contribution in [-0.2, 0) is 14.3 Å². The maximum Gasteiger partial charge on any atom is 0.253 e. The Morgan fingerprint density at radius 2 is 2.30 bits per heavy atom. The lowest BCUT2D eigenvalue weighted by atomic mass is 10.0. The van der Waals surface area contributed by atoms with Gasteiger partial charge in [0.2, 0.25) is 0 Å². The molecule has 2 aliphatic rings. The van der Waals surface area contributed by atoms with E-state index in [1.807, 2.05) is 0 Å². The third kappa shape index (κ3) is 3.56. The fourth-order valence-corrected chi connectivity index (χ4v) is 2.83. The largest absolute Gasteiger partial charge is 0.390 e. The van der Waals surface area contributed by atoms with Crippen molar-refractivity contribution in [2.45, 2.75) is 50.4 Å². The zero-order chi connectivity index (χ0) is 17.1. The molecule has 2 rings (SSSR count). The van der Waals surface area contributed by atoms with E-state index < -0.39 is 30.6 Å². The van der Waals surface area contributed by atoms with Gasteiger partial charge in [-0.2, -0.15) is 0 Å². The number of hydrogen-bond donors (Lipinski definition) is 4. The number of carbonyl (C=O) groups excluding carboxylic acids is 1. The zero-order valence-corrected chi connectivity index (χ0v) is 13.4. The number of hydrogen-bond acceptors (Lipinski definition) is 7. The average Bonchev–Trinajstić information content (AvgIpc) is 2.85. The second kappa shape index (κ2) is 7.41. The molecule has 23 heavy (non-hydrogen) atoms. The van der Waals surface area contributed by atoms with Gasteiger partial charge in [0.05, 0.1) is 6.10 Å². The Labute approximate surface area is 135 Å². The number of nitrogens with one attached hydrogen (secondary N) is 1. The number of methoxy groups -OCH3 is 1. The van der Waals surface area contributed by atoms with Crippen LogP contribution in [0, 0.1) is 0 Å². The van der Waals surface area contributed by atoms with E-state index in [2.05, 4.69) is 11.9 Å². The Hall–Kier alpha value is -1.45. The fourth-order valence-electron chi connectivity index (χ4n) is 2.83. The first-order valence-corrected chi connectivity index (χ1v) is 7.62. The quantitative estimate of drug-likeness (QED) is 0.494. The van der Waals surface area contributed by atoms with Crippen LogP contribution in [0.25, 0.3) is 0 Å². The van der Waals surface area contributed by atoms with Crippen LogP contribution in [0.4, 0.5) is 0 Å². The SMILES string of the molecule is C=C1NC(=O)C(C)=CN1[C@@H]1O[C@H]([C@@H](O)CCCN)[C@H](O)C1OC. The molecule has 0 aliphatic carbocycles. The molecule has 1 amide bonds. The predicted molar refractivity (Wildman–Crippen MR) is 82.6 cm³/mol. The van der Waals surface area contributed by atoms with Crippen molar-refractivity contribution in [3.8, 4) is 0 Å². The molecule has 130 valence electrons. The summed E-state index contributed by atoms with van der Waals surface area (Å²) in [5.41, 5.74) is 5.93. The van der Waals surface area contributed by atoms with E-state index in [0.717, 1.165) is 0 Å². The average molecular weight is 327 g/mol. The van der Waals surface area contributed by atoms with Crippen LogP contribution < -0.4 is 11.1 Å². The third-order valence-corrected chi connectivity index (χ3v) is 4.14. The van der Waals surface area contributed by atoms with Gasteiger partial charge < -0.3 is 35.6 Å². The molecule has 5 N–H and O–H groups in total. The highest BCUT2D eigenvalue weighted by atomic mass is 16.6. The van der Waals surface area contributed by atoms with Gasteiger partial charge in [0.25, 0.3) is 5.91 Å². The molecule has 2 heterocycles. The molecular weight excluding hydrogens is 302 g/mol. The van der Waals surface area contributed by atoms with Crippen LogP contribution in [0.2, 0.25) is 0 Å². The molecule has 0 radical (unpaired) electrons. The summed E-state index contributed by atoms with van der Waals surface area (Å²) in [6.07, 6.45) is -1.39. The van der Waals surface area contributed by atoms with Gasteiger partial charge >= 0.3 is 0 Å². The topological polar surface area (TPSA) is 117 Å². The lowest BCUT2D eigenvalue weighted by Gasteiger charge is -2.35. The van der Waals surface area contributed by atoms with Crippen molar-refractivity contribution in [3.63, 3.8) is 0 Å². The Morgan fingerprint density at radius 1 is 1.61 bits per heavy atom. The smallest absolute Gasteiger partial charge is 0.253 e. The summed E-state index contributed by atoms with van der Waals surface area (Å²) < 4.78 is 11.2. The van der Waals surface area contributed by atoms with Crippen molar-refractivity contribution >= 4 is 5.91 Å². The minimum atomic E-state index is -1.00. The number of aliphatic hydroxyl groups excluding tert-OH is 2. The number of carbonyl (C=O) groups is 1. The molecule has 2 aliphatic heterocycles. The summed E-state index contributed by atoms with van der Waals surface area (Å²) in [6.45, 7) is 5.91. The summed E-state index contributed by atoms with van der Waals surface area (Å²) in [4.78, 5) is 13.2. The number of rotatable bonds is 6. The number of nitrogens with two attached hydrogens (primary N) is 1. The van der Waals surface area contributed by atoms with E-state index in [9.17, 15) is 15.0 Å². The first-order chi connectivity index (χ1) is 10.9. The molecule has 0 spiro atoms. The van der Waals surface area contributed by atoms with E-state index >= 15 is 0 Å². The summed E-state index contributed by atoms with van der Waals surface area (Å²) in [7, 11) is 1.46. The third-order valence-electron chi connectivity index (χ3n) is 4.14. The zero-order valence-electron chi connectivity index (χ0n) is 13.4. The number of amides is 1. The number of ether oxygens (including phenoxy) is 2. The van der Waals surface area contributed by atoms with Crippen LogP contribution in [0.1, 0.15) is 19.8 Å². The Kier molecular flexibility index (Phi) is 5.77. The van der Waals surface area contributed by atoms with E-state index in [4.69, 9.17) is 15.2 Å². The molecule has 0 aromatic carbocycles. The second-order valence-electron chi connectivity index (χ2n) is 5.80. The maximum absolute atomic E-state index is 11.6. The molecule has 0 bridgehead atoms. The minimum absolute atomic E-state index is 0.238. The van der Waals surface area contributed by atoms with Gasteiger partial charge in [0.15, 0.2) is 6.23 Å². The van der Waals surface area contributed by atoms with Crippen molar-refractivity contribution in [1.82, 2.24) is 10.2 Å². The summed E-state index contributed by atoms with van der Waals surface area (Å²) >= 11 is 0. The summed E-state index contributed by atoms with van der Waals surface area (Å²) in [6, 6.07) is 0. The van der Waals surface area contributed by atoms with Crippen molar-refractivity contribution in [1.29, 1.82) is 0 Å². The molecule has 8 heteroatoms. The van der Waals surface area contributed by atoms with E-state index in [1.54, 1.807) is 18.0 Å². The summed E-state index contributed by atoms with van der Waals surface area (Å²) in [5, 5.41) is 23.3. The first kappa shape index (κ1) is 17.9. The van der Waals surface area contributed by atoms with Crippen molar-refractivity contribution in [2.75, 3.05) is 13.7 Å². The molecule has 0 aromatic heterocycles. The molecule has 0 aromatic rings. The van der Waals surface area contributed by atoms with Gasteiger partial charge in [0.1, 0.15) is 24.1 Å². The molecular formula is C15H25N3O5. The number of nitrogens with zero attached hydrogens (tertiary/aromatic N) is 1. The van der Waals surface area contributed by atoms with Crippen LogP contribution in [0.5, 0.6) is 0 Å². The van der Waals surface area contributed by atoms with Gasteiger partial charge in [-0.05, 0) is 26.3 Å². The Morgan fingerprint density at radius 3 is 2.91 bits per heavy atom. The van der Waals surface area contributed by atoms with Crippen LogP contribution in [-0.4, -0.2) is 65.3 Å². The first-order valence-electron chi connectivity index (χ1n) is 7.62. The van der Waals surface area contributed by atoms with E-state index in [0.29, 0.717) is 30.8 Å². The predicted octanol–water partition coefficient (Wildman–Crippen LogP) is -1.01. The normalized spacial score (nSPS) is 32.7. The highest BCUT2D eigenvalue weighted by Crippen LogP contribution is 2.32. The van der Waals surface area contributed by atoms with Gasteiger partial charge in [-0.15, -0.1) is 0 Å². The molecule has 1 unspecified atom stereocenters. The molecule has 1 fully saturated rings. The van der Waals surface area contributed by atoms with Gasteiger partial charge in [-0.3, -0.25) is 4.79 Å². The molecule has 0 saturated carbocycles. The van der Waals surface area contributed by atoms with Crippen LogP contribution in [0.15, 0.2) is 24.2 Å². The van der Waals surface area contributed by atoms with Gasteiger partial charge in [0, 0.05) is 18.9 Å². The van der Waals surface area contributed by atoms with E-state index in [-0.39, 0.29) is 5.91 Å². The fraction of sp³-hybridized carbons (Fsp3) is 0.667. The number of aliphatic hydroxyl groups is 2. The maximum atomic E-state index is 11.6. The highest BCUT2D eigenvalue weighted by Gasteiger charge is 2.49. The Bertz CT molecular complexity index is 496. The van der Waals surface area contributed by atoms with E-state index in [1.165, 1.54) is 7.11 Å². The van der Waals surface area contributed by atoms with Gasteiger partial charge in [-0.25, -0.2) is 0 Å². The van der Waals surface area contributed by atoms with Crippen molar-refractivity contribution in [2.24, 2.45) is 5.73 Å². The monoisotopic (exact) mass is 327 g/mol. The Balaban J connectivity index is 2.18. The molecule has 8 nitrogen and oxygen atoms in total. The van der Waals surface area contributed by atoms with Gasteiger partial charge in [-0.1, -0.05) is 6.58 Å².